The van der Waals surface area contributed by atoms with Gasteiger partial charge in [-0.1, -0.05) is 18.2 Å². The van der Waals surface area contributed by atoms with Gasteiger partial charge in [-0.05, 0) is 18.6 Å². The standard InChI is InChI=1S/C12H12N2O2/c1-9-6-13-12(14-7-9)16-11-5-3-2-4-10(11)8-15/h2-7,15H,8H2,1H3. The Labute approximate surface area is 93.6 Å². The van der Waals surface area contributed by atoms with Gasteiger partial charge in [0.2, 0.25) is 0 Å². The number of benzene rings is 1. The summed E-state index contributed by atoms with van der Waals surface area (Å²) in [4.78, 5) is 8.07. The molecule has 2 rings (SSSR count). The number of aryl methyl sites for hydroxylation is 1. The van der Waals surface area contributed by atoms with E-state index >= 15 is 0 Å². The van der Waals surface area contributed by atoms with E-state index in [9.17, 15) is 0 Å². The van der Waals surface area contributed by atoms with Crippen molar-refractivity contribution >= 4 is 0 Å². The maximum absolute atomic E-state index is 9.12. The summed E-state index contributed by atoms with van der Waals surface area (Å²) in [6.07, 6.45) is 3.37. The molecule has 0 saturated carbocycles. The third-order valence-corrected chi connectivity index (χ3v) is 2.10. The van der Waals surface area contributed by atoms with Crippen LogP contribution in [0.15, 0.2) is 36.7 Å². The molecule has 0 amide bonds. The van der Waals surface area contributed by atoms with Crippen molar-refractivity contribution in [1.82, 2.24) is 9.97 Å². The molecule has 4 nitrogen and oxygen atoms in total. The van der Waals surface area contributed by atoms with E-state index in [-0.39, 0.29) is 12.6 Å². The number of aromatic nitrogens is 2. The van der Waals surface area contributed by atoms with E-state index < -0.39 is 0 Å². The van der Waals surface area contributed by atoms with Gasteiger partial charge in [0.05, 0.1) is 6.61 Å². The molecule has 0 unspecified atom stereocenters. The third-order valence-electron chi connectivity index (χ3n) is 2.10. The third kappa shape index (κ3) is 2.35. The molecule has 0 radical (unpaired) electrons. The van der Waals surface area contributed by atoms with Gasteiger partial charge in [0, 0.05) is 18.0 Å². The molecule has 0 aliphatic rings. The van der Waals surface area contributed by atoms with E-state index in [4.69, 9.17) is 9.84 Å². The number of hydrogen-bond donors (Lipinski definition) is 1. The van der Waals surface area contributed by atoms with E-state index in [0.29, 0.717) is 11.3 Å². The first kappa shape index (κ1) is 10.6. The van der Waals surface area contributed by atoms with Crippen LogP contribution < -0.4 is 4.74 Å². The van der Waals surface area contributed by atoms with Crippen molar-refractivity contribution in [1.29, 1.82) is 0 Å². The van der Waals surface area contributed by atoms with Crippen molar-refractivity contribution in [2.24, 2.45) is 0 Å². The Morgan fingerprint density at radius 1 is 1.19 bits per heavy atom. The summed E-state index contributed by atoms with van der Waals surface area (Å²) in [6.45, 7) is 1.84. The molecule has 1 heterocycles. The van der Waals surface area contributed by atoms with Crippen LogP contribution in [0, 0.1) is 6.92 Å². The first-order valence-corrected chi connectivity index (χ1v) is 4.95. The Bertz CT molecular complexity index is 469. The van der Waals surface area contributed by atoms with Gasteiger partial charge in [-0.3, -0.25) is 0 Å². The molecular weight excluding hydrogens is 204 g/mol. The summed E-state index contributed by atoms with van der Waals surface area (Å²) in [6, 6.07) is 7.53. The molecule has 16 heavy (non-hydrogen) atoms. The van der Waals surface area contributed by atoms with Gasteiger partial charge in [-0.25, -0.2) is 9.97 Å². The molecule has 1 N–H and O–H groups in total. The lowest BCUT2D eigenvalue weighted by molar-refractivity contribution is 0.275. The lowest BCUT2D eigenvalue weighted by atomic mass is 10.2. The fourth-order valence-electron chi connectivity index (χ4n) is 1.27. The molecule has 1 aromatic carbocycles. The minimum absolute atomic E-state index is 0.0674. The number of nitrogens with zero attached hydrogens (tertiary/aromatic N) is 2. The zero-order chi connectivity index (χ0) is 11.4. The van der Waals surface area contributed by atoms with Gasteiger partial charge >= 0.3 is 6.01 Å². The van der Waals surface area contributed by atoms with E-state index in [2.05, 4.69) is 9.97 Å². The van der Waals surface area contributed by atoms with E-state index in [1.807, 2.05) is 19.1 Å². The highest BCUT2D eigenvalue weighted by atomic mass is 16.5. The monoisotopic (exact) mass is 216 g/mol. The first-order chi connectivity index (χ1) is 7.79. The van der Waals surface area contributed by atoms with Gasteiger partial charge in [-0.2, -0.15) is 0 Å². The Kier molecular flexibility index (Phi) is 3.12. The van der Waals surface area contributed by atoms with Crippen LogP contribution in [-0.4, -0.2) is 15.1 Å². The Morgan fingerprint density at radius 3 is 2.56 bits per heavy atom. The summed E-state index contributed by atoms with van der Waals surface area (Å²) < 4.78 is 5.47. The molecule has 0 aliphatic carbocycles. The second-order valence-corrected chi connectivity index (χ2v) is 3.41. The normalized spacial score (nSPS) is 10.1. The lowest BCUT2D eigenvalue weighted by Crippen LogP contribution is -1.95. The SMILES string of the molecule is Cc1cnc(Oc2ccccc2CO)nc1. The molecule has 0 aliphatic heterocycles. The largest absolute Gasteiger partial charge is 0.424 e. The number of rotatable bonds is 3. The molecule has 0 saturated heterocycles. The van der Waals surface area contributed by atoms with E-state index in [1.165, 1.54) is 0 Å². The van der Waals surface area contributed by atoms with Gasteiger partial charge in [0.25, 0.3) is 0 Å². The van der Waals surface area contributed by atoms with Crippen molar-refractivity contribution in [2.75, 3.05) is 0 Å². The minimum Gasteiger partial charge on any atom is -0.424 e. The Morgan fingerprint density at radius 2 is 1.88 bits per heavy atom. The zero-order valence-electron chi connectivity index (χ0n) is 8.92. The summed E-state index contributed by atoms with van der Waals surface area (Å²) >= 11 is 0. The van der Waals surface area contributed by atoms with Crippen molar-refractivity contribution in [3.8, 4) is 11.8 Å². The molecule has 0 atom stereocenters. The van der Waals surface area contributed by atoms with Crippen LogP contribution in [-0.2, 0) is 6.61 Å². The van der Waals surface area contributed by atoms with Gasteiger partial charge < -0.3 is 9.84 Å². The zero-order valence-corrected chi connectivity index (χ0v) is 8.92. The molecule has 0 fully saturated rings. The minimum atomic E-state index is -0.0674. The lowest BCUT2D eigenvalue weighted by Gasteiger charge is -2.07. The molecule has 0 bridgehead atoms. The predicted molar refractivity (Wildman–Crippen MR) is 59.2 cm³/mol. The summed E-state index contributed by atoms with van der Waals surface area (Å²) in [7, 11) is 0. The fraction of sp³-hybridized carbons (Fsp3) is 0.167. The van der Waals surface area contributed by atoms with Gasteiger partial charge in [-0.15, -0.1) is 0 Å². The molecule has 4 heteroatoms. The van der Waals surface area contributed by atoms with Crippen LogP contribution >= 0.6 is 0 Å². The average molecular weight is 216 g/mol. The second kappa shape index (κ2) is 4.72. The smallest absolute Gasteiger partial charge is 0.321 e. The highest BCUT2D eigenvalue weighted by Crippen LogP contribution is 2.22. The highest BCUT2D eigenvalue weighted by Gasteiger charge is 2.04. The van der Waals surface area contributed by atoms with Crippen molar-refractivity contribution in [3.63, 3.8) is 0 Å². The number of aliphatic hydroxyl groups is 1. The predicted octanol–water partition coefficient (Wildman–Crippen LogP) is 2.07. The first-order valence-electron chi connectivity index (χ1n) is 4.95. The maximum atomic E-state index is 9.12. The van der Waals surface area contributed by atoms with Gasteiger partial charge in [0.1, 0.15) is 5.75 Å². The van der Waals surface area contributed by atoms with Crippen LogP contribution in [0.2, 0.25) is 0 Å². The molecule has 0 spiro atoms. The van der Waals surface area contributed by atoms with E-state index in [1.54, 1.807) is 24.5 Å². The summed E-state index contributed by atoms with van der Waals surface area (Å²) in [5, 5.41) is 9.12. The number of hydrogen-bond acceptors (Lipinski definition) is 4. The van der Waals surface area contributed by atoms with Gasteiger partial charge in [0.15, 0.2) is 0 Å². The van der Waals surface area contributed by atoms with Crippen LogP contribution in [0.4, 0.5) is 0 Å². The molecule has 82 valence electrons. The molecular formula is C12H12N2O2. The summed E-state index contributed by atoms with van der Waals surface area (Å²) in [5.74, 6) is 0.578. The van der Waals surface area contributed by atoms with Crippen LogP contribution in [0.25, 0.3) is 0 Å². The fourth-order valence-corrected chi connectivity index (χ4v) is 1.27. The molecule has 1 aromatic heterocycles. The number of para-hydroxylation sites is 1. The van der Waals surface area contributed by atoms with Crippen molar-refractivity contribution in [2.45, 2.75) is 13.5 Å². The Hall–Kier alpha value is -1.94. The average Bonchev–Trinajstić information content (AvgIpc) is 2.33. The molecule has 2 aromatic rings. The van der Waals surface area contributed by atoms with Crippen LogP contribution in [0.3, 0.4) is 0 Å². The topological polar surface area (TPSA) is 55.2 Å². The Balaban J connectivity index is 2.23. The number of aliphatic hydroxyl groups excluding tert-OH is 1. The quantitative estimate of drug-likeness (QED) is 0.853. The maximum Gasteiger partial charge on any atom is 0.321 e. The summed E-state index contributed by atoms with van der Waals surface area (Å²) in [5.41, 5.74) is 1.69. The van der Waals surface area contributed by atoms with Crippen LogP contribution in [0.5, 0.6) is 11.8 Å². The second-order valence-electron chi connectivity index (χ2n) is 3.41. The highest BCUT2D eigenvalue weighted by molar-refractivity contribution is 5.34. The van der Waals surface area contributed by atoms with Crippen LogP contribution in [0.1, 0.15) is 11.1 Å². The van der Waals surface area contributed by atoms with Crippen molar-refractivity contribution < 1.29 is 9.84 Å². The van der Waals surface area contributed by atoms with E-state index in [0.717, 1.165) is 5.56 Å². The van der Waals surface area contributed by atoms with Crippen molar-refractivity contribution in [3.05, 3.63) is 47.8 Å². The number of ether oxygens (including phenoxy) is 1.